The van der Waals surface area contributed by atoms with Gasteiger partial charge >= 0.3 is 0 Å². The van der Waals surface area contributed by atoms with Gasteiger partial charge in [0.25, 0.3) is 0 Å². The van der Waals surface area contributed by atoms with Gasteiger partial charge in [0.1, 0.15) is 5.82 Å². The van der Waals surface area contributed by atoms with Crippen LogP contribution < -0.4 is 15.5 Å². The molecule has 6 heteroatoms. The Morgan fingerprint density at radius 1 is 1.32 bits per heavy atom. The lowest BCUT2D eigenvalue weighted by Crippen LogP contribution is -2.42. The molecule has 6 nitrogen and oxygen atoms in total. The van der Waals surface area contributed by atoms with E-state index in [1.807, 2.05) is 13.2 Å². The summed E-state index contributed by atoms with van der Waals surface area (Å²) in [6, 6.07) is 4.24. The van der Waals surface area contributed by atoms with Crippen LogP contribution in [0.2, 0.25) is 0 Å². The summed E-state index contributed by atoms with van der Waals surface area (Å²) in [4.78, 5) is 11.3. The van der Waals surface area contributed by atoms with Crippen molar-refractivity contribution in [1.82, 2.24) is 15.6 Å². The van der Waals surface area contributed by atoms with E-state index >= 15 is 0 Å². The molecule has 28 heavy (non-hydrogen) atoms. The highest BCUT2D eigenvalue weighted by Crippen LogP contribution is 2.22. The van der Waals surface area contributed by atoms with Gasteiger partial charge in [-0.15, -0.1) is 0 Å². The fourth-order valence-corrected chi connectivity index (χ4v) is 3.41. The molecule has 0 bridgehead atoms. The molecule has 1 aromatic heterocycles. The zero-order chi connectivity index (χ0) is 20.4. The van der Waals surface area contributed by atoms with E-state index < -0.39 is 0 Å². The molecule has 0 spiro atoms. The number of unbranched alkanes of at least 4 members (excludes halogenated alkanes) is 2. The second-order valence-electron chi connectivity index (χ2n) is 8.55. The van der Waals surface area contributed by atoms with Gasteiger partial charge in [0.2, 0.25) is 0 Å². The van der Waals surface area contributed by atoms with E-state index in [9.17, 15) is 0 Å². The van der Waals surface area contributed by atoms with E-state index in [4.69, 9.17) is 4.74 Å². The maximum Gasteiger partial charge on any atom is 0.191 e. The molecule has 1 aliphatic rings. The normalized spacial score (nSPS) is 18.2. The first-order valence-electron chi connectivity index (χ1n) is 10.7. The van der Waals surface area contributed by atoms with Crippen molar-refractivity contribution >= 4 is 11.8 Å². The fraction of sp³-hybridized carbons (Fsp3) is 0.727. The number of nitrogens with one attached hydrogen (secondary N) is 2. The summed E-state index contributed by atoms with van der Waals surface area (Å²) in [5, 5.41) is 6.87. The third kappa shape index (κ3) is 7.66. The Hall–Kier alpha value is -1.82. The standard InChI is InChI=1S/C22H39N5O/c1-6-7-8-11-22(3,4)17-26-21(23-5)25-15-19-9-10-20(24-14-19)27-12-13-28-18(2)16-27/h9-10,14,18H,6-8,11-13,15-17H2,1-5H3,(H2,23,25,26). The van der Waals surface area contributed by atoms with Crippen LogP contribution in [0.1, 0.15) is 58.9 Å². The lowest BCUT2D eigenvalue weighted by molar-refractivity contribution is 0.0529. The molecule has 0 saturated carbocycles. The monoisotopic (exact) mass is 389 g/mol. The molecular formula is C22H39N5O. The molecule has 1 saturated heterocycles. The van der Waals surface area contributed by atoms with Crippen molar-refractivity contribution in [3.05, 3.63) is 23.9 Å². The Morgan fingerprint density at radius 3 is 2.79 bits per heavy atom. The average molecular weight is 390 g/mol. The highest BCUT2D eigenvalue weighted by atomic mass is 16.5. The number of anilines is 1. The number of guanidine groups is 1. The number of ether oxygens (including phenoxy) is 1. The van der Waals surface area contributed by atoms with Crippen molar-refractivity contribution in [2.45, 2.75) is 66.0 Å². The predicted octanol–water partition coefficient (Wildman–Crippen LogP) is 3.58. The number of nitrogens with zero attached hydrogens (tertiary/aromatic N) is 3. The first kappa shape index (κ1) is 22.5. The fourth-order valence-electron chi connectivity index (χ4n) is 3.41. The summed E-state index contributed by atoms with van der Waals surface area (Å²) in [6.07, 6.45) is 7.31. The van der Waals surface area contributed by atoms with Gasteiger partial charge in [-0.3, -0.25) is 4.99 Å². The summed E-state index contributed by atoms with van der Waals surface area (Å²) in [5.74, 6) is 1.87. The highest BCUT2D eigenvalue weighted by Gasteiger charge is 2.18. The van der Waals surface area contributed by atoms with Gasteiger partial charge in [-0.1, -0.05) is 46.1 Å². The number of aromatic nitrogens is 1. The lowest BCUT2D eigenvalue weighted by Gasteiger charge is -2.32. The summed E-state index contributed by atoms with van der Waals surface area (Å²) in [5.41, 5.74) is 1.42. The van der Waals surface area contributed by atoms with E-state index in [0.717, 1.165) is 43.6 Å². The molecule has 0 amide bonds. The van der Waals surface area contributed by atoms with Gasteiger partial charge in [-0.25, -0.2) is 4.98 Å². The minimum absolute atomic E-state index is 0.262. The van der Waals surface area contributed by atoms with Crippen LogP contribution in [0.4, 0.5) is 5.82 Å². The van der Waals surface area contributed by atoms with E-state index in [-0.39, 0.29) is 11.5 Å². The van der Waals surface area contributed by atoms with Gasteiger partial charge in [-0.2, -0.15) is 0 Å². The van der Waals surface area contributed by atoms with E-state index in [1.54, 1.807) is 0 Å². The van der Waals surface area contributed by atoms with Crippen LogP contribution in [0.15, 0.2) is 23.3 Å². The molecule has 2 N–H and O–H groups in total. The Labute approximate surface area is 171 Å². The molecule has 2 heterocycles. The van der Waals surface area contributed by atoms with Crippen LogP contribution in [-0.2, 0) is 11.3 Å². The van der Waals surface area contributed by atoms with Crippen molar-refractivity contribution < 1.29 is 4.74 Å². The summed E-state index contributed by atoms with van der Waals surface area (Å²) in [6.45, 7) is 13.2. The van der Waals surface area contributed by atoms with Crippen molar-refractivity contribution in [1.29, 1.82) is 0 Å². The summed E-state index contributed by atoms with van der Waals surface area (Å²) >= 11 is 0. The molecule has 1 atom stereocenters. The second kappa shape index (κ2) is 11.2. The third-order valence-corrected chi connectivity index (χ3v) is 5.25. The quantitative estimate of drug-likeness (QED) is 0.384. The molecule has 158 valence electrons. The number of morpholine rings is 1. The van der Waals surface area contributed by atoms with Crippen LogP contribution in [0, 0.1) is 5.41 Å². The predicted molar refractivity (Wildman–Crippen MR) is 118 cm³/mol. The van der Waals surface area contributed by atoms with Crippen LogP contribution in [0.25, 0.3) is 0 Å². The van der Waals surface area contributed by atoms with E-state index in [2.05, 4.69) is 65.3 Å². The number of hydrogen-bond donors (Lipinski definition) is 2. The smallest absolute Gasteiger partial charge is 0.191 e. The molecule has 1 fully saturated rings. The number of hydrogen-bond acceptors (Lipinski definition) is 4. The molecule has 0 aromatic carbocycles. The van der Waals surface area contributed by atoms with Gasteiger partial charge in [-0.05, 0) is 30.4 Å². The zero-order valence-electron chi connectivity index (χ0n) is 18.4. The van der Waals surface area contributed by atoms with Gasteiger partial charge in [0.15, 0.2) is 5.96 Å². The maximum absolute atomic E-state index is 5.61. The molecule has 0 radical (unpaired) electrons. The third-order valence-electron chi connectivity index (χ3n) is 5.25. The average Bonchev–Trinajstić information content (AvgIpc) is 2.68. The van der Waals surface area contributed by atoms with Gasteiger partial charge < -0.3 is 20.3 Å². The van der Waals surface area contributed by atoms with Gasteiger partial charge in [0.05, 0.1) is 12.7 Å². The molecule has 0 aliphatic carbocycles. The molecule has 1 aromatic rings. The van der Waals surface area contributed by atoms with Gasteiger partial charge in [0, 0.05) is 39.4 Å². The Balaban J connectivity index is 1.78. The summed E-state index contributed by atoms with van der Waals surface area (Å²) in [7, 11) is 1.82. The molecule has 1 unspecified atom stereocenters. The minimum atomic E-state index is 0.262. The second-order valence-corrected chi connectivity index (χ2v) is 8.55. The number of pyridine rings is 1. The highest BCUT2D eigenvalue weighted by molar-refractivity contribution is 5.79. The van der Waals surface area contributed by atoms with E-state index in [1.165, 1.54) is 25.7 Å². The van der Waals surface area contributed by atoms with Crippen LogP contribution in [-0.4, -0.2) is 50.3 Å². The van der Waals surface area contributed by atoms with Crippen LogP contribution in [0.5, 0.6) is 0 Å². The van der Waals surface area contributed by atoms with Crippen molar-refractivity contribution in [3.8, 4) is 0 Å². The Morgan fingerprint density at radius 2 is 2.14 bits per heavy atom. The lowest BCUT2D eigenvalue weighted by atomic mass is 9.87. The molecule has 1 aliphatic heterocycles. The van der Waals surface area contributed by atoms with Crippen LogP contribution >= 0.6 is 0 Å². The first-order valence-corrected chi connectivity index (χ1v) is 10.7. The molecular weight excluding hydrogens is 350 g/mol. The zero-order valence-corrected chi connectivity index (χ0v) is 18.4. The maximum atomic E-state index is 5.61. The molecule has 2 rings (SSSR count). The largest absolute Gasteiger partial charge is 0.375 e. The number of aliphatic imine (C=N–C) groups is 1. The van der Waals surface area contributed by atoms with E-state index in [0.29, 0.717) is 6.54 Å². The van der Waals surface area contributed by atoms with Crippen molar-refractivity contribution in [2.24, 2.45) is 10.4 Å². The van der Waals surface area contributed by atoms with Crippen molar-refractivity contribution in [3.63, 3.8) is 0 Å². The number of rotatable bonds is 9. The first-order chi connectivity index (χ1) is 13.4. The minimum Gasteiger partial charge on any atom is -0.375 e. The SMILES string of the molecule is CCCCCC(C)(C)CNC(=NC)NCc1ccc(N2CCOC(C)C2)nc1. The Kier molecular flexibility index (Phi) is 9.03. The van der Waals surface area contributed by atoms with Crippen molar-refractivity contribution in [2.75, 3.05) is 38.2 Å². The topological polar surface area (TPSA) is 61.8 Å². The summed E-state index contributed by atoms with van der Waals surface area (Å²) < 4.78 is 5.61. The van der Waals surface area contributed by atoms with Crippen LogP contribution in [0.3, 0.4) is 0 Å². The Bertz CT molecular complexity index is 599.